The molecule has 0 saturated heterocycles. The van der Waals surface area contributed by atoms with Gasteiger partial charge in [0.2, 0.25) is 0 Å². The second kappa shape index (κ2) is 5.85. The van der Waals surface area contributed by atoms with Crippen molar-refractivity contribution < 1.29 is 0 Å². The number of rotatable bonds is 3. The summed E-state index contributed by atoms with van der Waals surface area (Å²) >= 11 is 0. The Morgan fingerprint density at radius 1 is 1.09 bits per heavy atom. The molecule has 0 aliphatic heterocycles. The number of nitrogens with two attached hydrogens (primary N) is 1. The van der Waals surface area contributed by atoms with E-state index in [1.165, 1.54) is 11.6 Å². The number of nitrogens with zero attached hydrogens (tertiary/aromatic N) is 1. The van der Waals surface area contributed by atoms with Crippen LogP contribution in [0.2, 0.25) is 0 Å². The highest BCUT2D eigenvalue weighted by Crippen LogP contribution is 2.18. The minimum Gasteiger partial charge on any atom is -0.399 e. The molecule has 0 aliphatic carbocycles. The van der Waals surface area contributed by atoms with Crippen LogP contribution in [0.4, 0.5) is 5.69 Å². The molecule has 2 aromatic carbocycles. The first-order chi connectivity index (χ1) is 10.6. The van der Waals surface area contributed by atoms with Crippen molar-refractivity contribution in [3.05, 3.63) is 81.9 Å². The fourth-order valence-electron chi connectivity index (χ4n) is 2.34. The number of aromatic amines is 1. The summed E-state index contributed by atoms with van der Waals surface area (Å²) < 4.78 is 0. The van der Waals surface area contributed by atoms with Crippen molar-refractivity contribution >= 4 is 5.69 Å². The normalized spacial score (nSPS) is 10.6. The summed E-state index contributed by atoms with van der Waals surface area (Å²) in [6, 6.07) is 17.1. The lowest BCUT2D eigenvalue weighted by Gasteiger charge is -2.06. The number of anilines is 1. The van der Waals surface area contributed by atoms with E-state index in [0.29, 0.717) is 23.6 Å². The highest BCUT2D eigenvalue weighted by molar-refractivity contribution is 5.63. The molecule has 0 bridgehead atoms. The standard InChI is InChI=1S/C18H17N3O/c1-12-5-7-13(8-6-12)9-17-20-16(11-18(22)21-17)14-3-2-4-15(19)10-14/h2-8,10-11H,9,19H2,1H3,(H,20,21,22). The van der Waals surface area contributed by atoms with Gasteiger partial charge in [0.25, 0.3) is 5.56 Å². The zero-order valence-electron chi connectivity index (χ0n) is 12.3. The molecule has 4 heteroatoms. The average molecular weight is 291 g/mol. The Labute approximate surface area is 128 Å². The van der Waals surface area contributed by atoms with Gasteiger partial charge in [0.15, 0.2) is 0 Å². The minimum absolute atomic E-state index is 0.158. The Morgan fingerprint density at radius 3 is 2.59 bits per heavy atom. The van der Waals surface area contributed by atoms with Crippen LogP contribution < -0.4 is 11.3 Å². The second-order valence-electron chi connectivity index (χ2n) is 5.37. The van der Waals surface area contributed by atoms with Crippen LogP contribution in [0, 0.1) is 6.92 Å². The van der Waals surface area contributed by atoms with E-state index in [1.807, 2.05) is 43.3 Å². The Morgan fingerprint density at radius 2 is 1.86 bits per heavy atom. The number of benzene rings is 2. The summed E-state index contributed by atoms with van der Waals surface area (Å²) in [4.78, 5) is 19.2. The van der Waals surface area contributed by atoms with E-state index >= 15 is 0 Å². The van der Waals surface area contributed by atoms with Crippen molar-refractivity contribution in [3.63, 3.8) is 0 Å². The van der Waals surface area contributed by atoms with Crippen molar-refractivity contribution in [1.29, 1.82) is 0 Å². The molecule has 1 heterocycles. The number of H-pyrrole nitrogens is 1. The largest absolute Gasteiger partial charge is 0.399 e. The van der Waals surface area contributed by atoms with Crippen molar-refractivity contribution in [2.24, 2.45) is 0 Å². The van der Waals surface area contributed by atoms with Crippen LogP contribution in [0.25, 0.3) is 11.3 Å². The molecule has 3 N–H and O–H groups in total. The molecule has 0 spiro atoms. The molecule has 110 valence electrons. The molecule has 0 amide bonds. The van der Waals surface area contributed by atoms with E-state index in [0.717, 1.165) is 11.1 Å². The van der Waals surface area contributed by atoms with Crippen LogP contribution >= 0.6 is 0 Å². The predicted molar refractivity (Wildman–Crippen MR) is 88.7 cm³/mol. The Kier molecular flexibility index (Phi) is 3.74. The molecule has 0 fully saturated rings. The van der Waals surface area contributed by atoms with E-state index < -0.39 is 0 Å². The van der Waals surface area contributed by atoms with Crippen LogP contribution in [0.5, 0.6) is 0 Å². The van der Waals surface area contributed by atoms with Crippen LogP contribution in [0.3, 0.4) is 0 Å². The van der Waals surface area contributed by atoms with Gasteiger partial charge in [-0.05, 0) is 24.6 Å². The fourth-order valence-corrected chi connectivity index (χ4v) is 2.34. The molecule has 22 heavy (non-hydrogen) atoms. The lowest BCUT2D eigenvalue weighted by molar-refractivity contribution is 0.949. The smallest absolute Gasteiger partial charge is 0.251 e. The summed E-state index contributed by atoms with van der Waals surface area (Å²) in [5.41, 5.74) is 10.1. The van der Waals surface area contributed by atoms with Gasteiger partial charge in [0.1, 0.15) is 5.82 Å². The molecule has 1 aromatic heterocycles. The molecule has 0 aliphatic rings. The number of hydrogen-bond acceptors (Lipinski definition) is 3. The first-order valence-electron chi connectivity index (χ1n) is 7.12. The summed E-state index contributed by atoms with van der Waals surface area (Å²) in [5.74, 6) is 0.647. The SMILES string of the molecule is Cc1ccc(Cc2nc(-c3cccc(N)c3)cc(=O)[nH]2)cc1. The van der Waals surface area contributed by atoms with Gasteiger partial charge < -0.3 is 10.7 Å². The molecule has 3 rings (SSSR count). The minimum atomic E-state index is -0.158. The third kappa shape index (κ3) is 3.23. The predicted octanol–water partition coefficient (Wildman–Crippen LogP) is 2.92. The highest BCUT2D eigenvalue weighted by Gasteiger charge is 2.05. The van der Waals surface area contributed by atoms with Crippen LogP contribution in [-0.4, -0.2) is 9.97 Å². The average Bonchev–Trinajstić information content (AvgIpc) is 2.49. The van der Waals surface area contributed by atoms with E-state index in [9.17, 15) is 4.79 Å². The zero-order valence-corrected chi connectivity index (χ0v) is 12.3. The van der Waals surface area contributed by atoms with Crippen molar-refractivity contribution in [3.8, 4) is 11.3 Å². The molecule has 4 nitrogen and oxygen atoms in total. The maximum atomic E-state index is 11.9. The second-order valence-corrected chi connectivity index (χ2v) is 5.37. The number of hydrogen-bond donors (Lipinski definition) is 2. The van der Waals surface area contributed by atoms with Crippen LogP contribution in [-0.2, 0) is 6.42 Å². The van der Waals surface area contributed by atoms with Crippen LogP contribution in [0.1, 0.15) is 17.0 Å². The van der Waals surface area contributed by atoms with Gasteiger partial charge in [-0.25, -0.2) is 4.98 Å². The van der Waals surface area contributed by atoms with E-state index in [-0.39, 0.29) is 5.56 Å². The summed E-state index contributed by atoms with van der Waals surface area (Å²) in [6.07, 6.45) is 0.589. The topological polar surface area (TPSA) is 71.8 Å². The van der Waals surface area contributed by atoms with Crippen molar-refractivity contribution in [2.45, 2.75) is 13.3 Å². The van der Waals surface area contributed by atoms with Gasteiger partial charge in [0.05, 0.1) is 5.69 Å². The van der Waals surface area contributed by atoms with Crippen LogP contribution in [0.15, 0.2) is 59.4 Å². The molecule has 0 saturated carbocycles. The third-order valence-electron chi connectivity index (χ3n) is 3.47. The lowest BCUT2D eigenvalue weighted by Crippen LogP contribution is -2.11. The molecular formula is C18H17N3O. The monoisotopic (exact) mass is 291 g/mol. The van der Waals surface area contributed by atoms with E-state index in [1.54, 1.807) is 0 Å². The van der Waals surface area contributed by atoms with Crippen molar-refractivity contribution in [2.75, 3.05) is 5.73 Å². The van der Waals surface area contributed by atoms with E-state index in [4.69, 9.17) is 5.73 Å². The molecule has 3 aromatic rings. The van der Waals surface area contributed by atoms with Crippen molar-refractivity contribution in [1.82, 2.24) is 9.97 Å². The van der Waals surface area contributed by atoms with Gasteiger partial charge in [-0.1, -0.05) is 42.0 Å². The summed E-state index contributed by atoms with van der Waals surface area (Å²) in [6.45, 7) is 2.05. The lowest BCUT2D eigenvalue weighted by atomic mass is 10.1. The molecule has 0 unspecified atom stereocenters. The van der Waals surface area contributed by atoms with Gasteiger partial charge in [-0.3, -0.25) is 4.79 Å². The quantitative estimate of drug-likeness (QED) is 0.729. The highest BCUT2D eigenvalue weighted by atomic mass is 16.1. The fraction of sp³-hybridized carbons (Fsp3) is 0.111. The zero-order chi connectivity index (χ0) is 15.5. The molecule has 0 atom stereocenters. The summed E-state index contributed by atoms with van der Waals surface area (Å²) in [5, 5.41) is 0. The van der Waals surface area contributed by atoms with Gasteiger partial charge in [-0.15, -0.1) is 0 Å². The summed E-state index contributed by atoms with van der Waals surface area (Å²) in [7, 11) is 0. The first-order valence-corrected chi connectivity index (χ1v) is 7.12. The first kappa shape index (κ1) is 14.1. The maximum Gasteiger partial charge on any atom is 0.251 e. The maximum absolute atomic E-state index is 11.9. The number of nitrogens with one attached hydrogen (secondary N) is 1. The van der Waals surface area contributed by atoms with Gasteiger partial charge in [-0.2, -0.15) is 0 Å². The number of aromatic nitrogens is 2. The van der Waals surface area contributed by atoms with Gasteiger partial charge >= 0.3 is 0 Å². The Hall–Kier alpha value is -2.88. The molecular weight excluding hydrogens is 274 g/mol. The Balaban J connectivity index is 1.96. The number of nitrogen functional groups attached to an aromatic ring is 1. The Bertz CT molecular complexity index is 851. The van der Waals surface area contributed by atoms with E-state index in [2.05, 4.69) is 22.1 Å². The number of aryl methyl sites for hydroxylation is 1. The third-order valence-corrected chi connectivity index (χ3v) is 3.47. The molecule has 0 radical (unpaired) electrons. The van der Waals surface area contributed by atoms with Gasteiger partial charge in [0, 0.05) is 23.7 Å².